The lowest BCUT2D eigenvalue weighted by molar-refractivity contribution is -0.148. The molecule has 5 heteroatoms. The van der Waals surface area contributed by atoms with E-state index in [1.54, 1.807) is 6.92 Å². The first kappa shape index (κ1) is 14.6. The number of carbonyl (C=O) groups is 1. The maximum absolute atomic E-state index is 12.9. The number of benzene rings is 1. The van der Waals surface area contributed by atoms with Crippen LogP contribution in [0.5, 0.6) is 0 Å². The van der Waals surface area contributed by atoms with E-state index in [-0.39, 0.29) is 13.0 Å². The number of esters is 1. The van der Waals surface area contributed by atoms with Crippen molar-refractivity contribution in [3.63, 3.8) is 0 Å². The Labute approximate surface area is 106 Å². The Morgan fingerprint density at radius 1 is 1.50 bits per heavy atom. The van der Waals surface area contributed by atoms with Crippen LogP contribution in [0.1, 0.15) is 18.9 Å². The first-order valence-corrected chi connectivity index (χ1v) is 5.69. The van der Waals surface area contributed by atoms with Crippen LogP contribution in [0.2, 0.25) is 0 Å². The fourth-order valence-corrected chi connectivity index (χ4v) is 2.07. The van der Waals surface area contributed by atoms with Crippen LogP contribution in [0.25, 0.3) is 0 Å². The Balaban J connectivity index is 3.24. The van der Waals surface area contributed by atoms with E-state index in [0.29, 0.717) is 5.56 Å². The number of methoxy groups -OCH3 is 1. The van der Waals surface area contributed by atoms with E-state index < -0.39 is 23.3 Å². The topological polar surface area (TPSA) is 72.5 Å². The molecule has 2 unspecified atom stereocenters. The molecule has 4 nitrogen and oxygen atoms in total. The molecular weight excluding hydrogens is 237 g/mol. The fourth-order valence-electron chi connectivity index (χ4n) is 2.07. The van der Waals surface area contributed by atoms with E-state index in [0.717, 1.165) is 0 Å². The van der Waals surface area contributed by atoms with Gasteiger partial charge in [0.1, 0.15) is 11.2 Å². The van der Waals surface area contributed by atoms with Gasteiger partial charge in [0.25, 0.3) is 0 Å². The van der Waals surface area contributed by atoms with E-state index >= 15 is 0 Å². The molecule has 0 bridgehead atoms. The predicted molar refractivity (Wildman–Crippen MR) is 65.4 cm³/mol. The maximum atomic E-state index is 12.9. The summed E-state index contributed by atoms with van der Waals surface area (Å²) in [4.78, 5) is 12.0. The Bertz CT molecular complexity index is 405. The molecule has 18 heavy (non-hydrogen) atoms. The summed E-state index contributed by atoms with van der Waals surface area (Å²) in [7, 11) is 1.26. The number of aliphatic hydroxyl groups is 1. The second-order valence-corrected chi connectivity index (χ2v) is 4.34. The minimum Gasteiger partial charge on any atom is -0.468 e. The molecule has 0 saturated carbocycles. The molecule has 0 amide bonds. The largest absolute Gasteiger partial charge is 0.468 e. The quantitative estimate of drug-likeness (QED) is 0.769. The standard InChI is InChI=1S/C13H18FNO3/c1-9(16)7-13(8-15,12(17)18-2)10-3-5-11(14)6-4-10/h3-6,9,16H,7-8,15H2,1-2H3. The smallest absolute Gasteiger partial charge is 0.317 e. The molecule has 1 aromatic rings. The Morgan fingerprint density at radius 2 is 2.06 bits per heavy atom. The van der Waals surface area contributed by atoms with Crippen LogP contribution in [0, 0.1) is 5.82 Å². The number of nitrogens with two attached hydrogens (primary N) is 1. The lowest BCUT2D eigenvalue weighted by Crippen LogP contribution is -2.46. The van der Waals surface area contributed by atoms with Crippen molar-refractivity contribution in [1.29, 1.82) is 0 Å². The molecule has 0 aliphatic rings. The van der Waals surface area contributed by atoms with Gasteiger partial charge in [-0.3, -0.25) is 4.79 Å². The van der Waals surface area contributed by atoms with Crippen molar-refractivity contribution in [2.75, 3.05) is 13.7 Å². The Kier molecular flexibility index (Phi) is 4.81. The van der Waals surface area contributed by atoms with Crippen LogP contribution < -0.4 is 5.73 Å². The van der Waals surface area contributed by atoms with Gasteiger partial charge in [-0.15, -0.1) is 0 Å². The minimum atomic E-state index is -1.14. The number of aliphatic hydroxyl groups excluding tert-OH is 1. The molecular formula is C13H18FNO3. The van der Waals surface area contributed by atoms with Crippen LogP contribution in [-0.4, -0.2) is 30.8 Å². The van der Waals surface area contributed by atoms with Crippen LogP contribution in [0.4, 0.5) is 4.39 Å². The van der Waals surface area contributed by atoms with Gasteiger partial charge in [0.2, 0.25) is 0 Å². The highest BCUT2D eigenvalue weighted by molar-refractivity contribution is 5.83. The average molecular weight is 255 g/mol. The van der Waals surface area contributed by atoms with E-state index in [9.17, 15) is 14.3 Å². The van der Waals surface area contributed by atoms with Gasteiger partial charge in [-0.2, -0.15) is 0 Å². The average Bonchev–Trinajstić information content (AvgIpc) is 2.35. The lowest BCUT2D eigenvalue weighted by atomic mass is 9.76. The van der Waals surface area contributed by atoms with Crippen molar-refractivity contribution < 1.29 is 19.0 Å². The van der Waals surface area contributed by atoms with Crippen LogP contribution in [0.3, 0.4) is 0 Å². The third-order valence-corrected chi connectivity index (χ3v) is 2.97. The molecule has 1 aromatic carbocycles. The third kappa shape index (κ3) is 2.86. The molecule has 100 valence electrons. The molecule has 0 aromatic heterocycles. The predicted octanol–water partition coefficient (Wildman–Crippen LogP) is 0.966. The van der Waals surface area contributed by atoms with Gasteiger partial charge in [0, 0.05) is 6.54 Å². The summed E-state index contributed by atoms with van der Waals surface area (Å²) in [6.45, 7) is 1.55. The zero-order valence-corrected chi connectivity index (χ0v) is 10.5. The second-order valence-electron chi connectivity index (χ2n) is 4.34. The molecule has 0 aliphatic heterocycles. The molecule has 0 spiro atoms. The van der Waals surface area contributed by atoms with E-state index in [1.807, 2.05) is 0 Å². The summed E-state index contributed by atoms with van der Waals surface area (Å²) in [6.07, 6.45) is -0.598. The number of ether oxygens (including phenoxy) is 1. The lowest BCUT2D eigenvalue weighted by Gasteiger charge is -2.31. The van der Waals surface area contributed by atoms with E-state index in [1.165, 1.54) is 31.4 Å². The van der Waals surface area contributed by atoms with Crippen molar-refractivity contribution in [3.05, 3.63) is 35.6 Å². The number of carbonyl (C=O) groups excluding carboxylic acids is 1. The molecule has 0 saturated heterocycles. The highest BCUT2D eigenvalue weighted by Crippen LogP contribution is 2.30. The number of hydrogen-bond donors (Lipinski definition) is 2. The summed E-state index contributed by atoms with van der Waals surface area (Å²) >= 11 is 0. The van der Waals surface area contributed by atoms with E-state index in [4.69, 9.17) is 10.5 Å². The van der Waals surface area contributed by atoms with Gasteiger partial charge in [-0.25, -0.2) is 4.39 Å². The summed E-state index contributed by atoms with van der Waals surface area (Å²) in [5.74, 6) is -0.927. The van der Waals surface area contributed by atoms with Crippen LogP contribution in [-0.2, 0) is 14.9 Å². The van der Waals surface area contributed by atoms with Gasteiger partial charge >= 0.3 is 5.97 Å². The molecule has 0 aliphatic carbocycles. The van der Waals surface area contributed by atoms with Crippen molar-refractivity contribution in [2.24, 2.45) is 5.73 Å². The molecule has 0 heterocycles. The number of hydrogen-bond acceptors (Lipinski definition) is 4. The summed E-state index contributed by atoms with van der Waals surface area (Å²) < 4.78 is 17.7. The van der Waals surface area contributed by atoms with Crippen molar-refractivity contribution in [2.45, 2.75) is 24.9 Å². The molecule has 3 N–H and O–H groups in total. The van der Waals surface area contributed by atoms with Crippen LogP contribution >= 0.6 is 0 Å². The Morgan fingerprint density at radius 3 is 2.44 bits per heavy atom. The van der Waals surface area contributed by atoms with Crippen molar-refractivity contribution in [1.82, 2.24) is 0 Å². The van der Waals surface area contributed by atoms with E-state index in [2.05, 4.69) is 0 Å². The highest BCUT2D eigenvalue weighted by atomic mass is 19.1. The van der Waals surface area contributed by atoms with Crippen molar-refractivity contribution >= 4 is 5.97 Å². The minimum absolute atomic E-state index is 0.0177. The zero-order chi connectivity index (χ0) is 13.8. The van der Waals surface area contributed by atoms with Gasteiger partial charge in [0.05, 0.1) is 13.2 Å². The normalized spacial score (nSPS) is 15.8. The monoisotopic (exact) mass is 255 g/mol. The molecule has 2 atom stereocenters. The maximum Gasteiger partial charge on any atom is 0.317 e. The molecule has 1 rings (SSSR count). The first-order valence-electron chi connectivity index (χ1n) is 5.69. The van der Waals surface area contributed by atoms with Crippen molar-refractivity contribution in [3.8, 4) is 0 Å². The van der Waals surface area contributed by atoms with Gasteiger partial charge in [-0.05, 0) is 31.0 Å². The second kappa shape index (κ2) is 5.93. The Hall–Kier alpha value is -1.46. The molecule has 0 fully saturated rings. The van der Waals surface area contributed by atoms with Crippen LogP contribution in [0.15, 0.2) is 24.3 Å². The molecule has 0 radical (unpaired) electrons. The van der Waals surface area contributed by atoms with Gasteiger partial charge in [0.15, 0.2) is 0 Å². The third-order valence-electron chi connectivity index (χ3n) is 2.97. The summed E-state index contributed by atoms with van der Waals surface area (Å²) in [5, 5.41) is 9.54. The zero-order valence-electron chi connectivity index (χ0n) is 10.5. The highest BCUT2D eigenvalue weighted by Gasteiger charge is 2.41. The number of rotatable bonds is 5. The summed E-state index contributed by atoms with van der Waals surface area (Å²) in [6, 6.07) is 5.48. The fraction of sp³-hybridized carbons (Fsp3) is 0.462. The summed E-state index contributed by atoms with van der Waals surface area (Å²) in [5.41, 5.74) is 5.10. The number of halogens is 1. The SMILES string of the molecule is COC(=O)C(CN)(CC(C)O)c1ccc(F)cc1. The van der Waals surface area contributed by atoms with Gasteiger partial charge in [-0.1, -0.05) is 12.1 Å². The first-order chi connectivity index (χ1) is 8.46. The van der Waals surface area contributed by atoms with Gasteiger partial charge < -0.3 is 15.6 Å².